The van der Waals surface area contributed by atoms with Gasteiger partial charge in [-0.3, -0.25) is 4.79 Å². The Morgan fingerprint density at radius 3 is 2.73 bits per heavy atom. The molecular weight excluding hydrogens is 252 g/mol. The smallest absolute Gasteiger partial charge is 0.160 e. The average Bonchev–Trinajstić information content (AvgIpc) is 2.27. The minimum absolute atomic E-state index is 0.118. The summed E-state index contributed by atoms with van der Waals surface area (Å²) in [6.07, 6.45) is 0. The second-order valence-electron chi connectivity index (χ2n) is 3.55. The lowest BCUT2D eigenvalue weighted by atomic mass is 10.0. The fourth-order valence-corrected chi connectivity index (χ4v) is 2.06. The molecule has 0 aliphatic rings. The Morgan fingerprint density at radius 2 is 2.07 bits per heavy atom. The van der Waals surface area contributed by atoms with Crippen LogP contribution < -0.4 is 0 Å². The first-order valence-electron chi connectivity index (χ1n) is 4.81. The predicted molar refractivity (Wildman–Crippen MR) is 66.6 cm³/mol. The van der Waals surface area contributed by atoms with Crippen LogP contribution in [0.5, 0.6) is 0 Å². The lowest BCUT2D eigenvalue weighted by molar-refractivity contribution is 0.101. The van der Waals surface area contributed by atoms with Gasteiger partial charge in [-0.15, -0.1) is 0 Å². The molecule has 0 amide bonds. The zero-order chi connectivity index (χ0) is 10.8. The van der Waals surface area contributed by atoms with Crippen LogP contribution in [0.3, 0.4) is 0 Å². The van der Waals surface area contributed by atoms with E-state index in [9.17, 15) is 4.79 Å². The molecule has 1 nitrogen and oxygen atoms in total. The third kappa shape index (κ3) is 1.95. The van der Waals surface area contributed by atoms with Gasteiger partial charge in [0.25, 0.3) is 0 Å². The predicted octanol–water partition coefficient (Wildman–Crippen LogP) is 3.94. The summed E-state index contributed by atoms with van der Waals surface area (Å²) in [4.78, 5) is 11.4. The molecule has 15 heavy (non-hydrogen) atoms. The molecule has 0 aromatic heterocycles. The number of carbonyl (C=O) groups excluding carboxylic acids is 1. The Morgan fingerprint density at radius 1 is 1.27 bits per heavy atom. The quantitative estimate of drug-likeness (QED) is 0.592. The maximum atomic E-state index is 11.4. The summed E-state index contributed by atoms with van der Waals surface area (Å²) in [5.41, 5.74) is 1.99. The van der Waals surface area contributed by atoms with Crippen molar-refractivity contribution in [3.8, 4) is 0 Å². The van der Waals surface area contributed by atoms with E-state index in [0.717, 1.165) is 21.7 Å². The van der Waals surface area contributed by atoms with E-state index in [0.29, 0.717) is 0 Å². The first-order valence-corrected chi connectivity index (χ1v) is 5.93. The number of ketones is 1. The summed E-state index contributed by atoms with van der Waals surface area (Å²) in [5, 5.41) is 2.98. The first kappa shape index (κ1) is 10.4. The van der Waals surface area contributed by atoms with Crippen molar-refractivity contribution in [3.05, 3.63) is 47.5 Å². The fourth-order valence-electron chi connectivity index (χ4n) is 1.71. The van der Waals surface area contributed by atoms with E-state index in [-0.39, 0.29) is 5.78 Å². The van der Waals surface area contributed by atoms with Crippen LogP contribution in [-0.2, 0) is 5.33 Å². The summed E-state index contributed by atoms with van der Waals surface area (Å²) >= 11 is 3.42. The molecule has 0 fully saturated rings. The standard InChI is InChI=1S/C13H11BrO/c1-9(15)12-4-2-3-11-6-5-10(8-14)7-13(11)12/h2-7H,8H2,1H3. The van der Waals surface area contributed by atoms with E-state index >= 15 is 0 Å². The van der Waals surface area contributed by atoms with Crippen molar-refractivity contribution < 1.29 is 4.79 Å². The van der Waals surface area contributed by atoms with Crippen LogP contribution in [0.1, 0.15) is 22.8 Å². The average molecular weight is 263 g/mol. The van der Waals surface area contributed by atoms with Crippen LogP contribution in [0.2, 0.25) is 0 Å². The molecule has 0 aliphatic heterocycles. The molecule has 76 valence electrons. The van der Waals surface area contributed by atoms with Gasteiger partial charge in [0, 0.05) is 10.9 Å². The van der Waals surface area contributed by atoms with Crippen molar-refractivity contribution in [1.82, 2.24) is 0 Å². The highest BCUT2D eigenvalue weighted by molar-refractivity contribution is 9.08. The lowest BCUT2D eigenvalue weighted by Gasteiger charge is -2.04. The van der Waals surface area contributed by atoms with Gasteiger partial charge in [-0.25, -0.2) is 0 Å². The van der Waals surface area contributed by atoms with Gasteiger partial charge in [0.2, 0.25) is 0 Å². The molecular formula is C13H11BrO. The van der Waals surface area contributed by atoms with E-state index in [2.05, 4.69) is 34.1 Å². The highest BCUT2D eigenvalue weighted by Gasteiger charge is 2.05. The zero-order valence-electron chi connectivity index (χ0n) is 8.46. The van der Waals surface area contributed by atoms with Crippen LogP contribution in [0, 0.1) is 0 Å². The van der Waals surface area contributed by atoms with Gasteiger partial charge in [0.05, 0.1) is 0 Å². The SMILES string of the molecule is CC(=O)c1cccc2ccc(CBr)cc12. The Balaban J connectivity index is 2.76. The highest BCUT2D eigenvalue weighted by Crippen LogP contribution is 2.21. The van der Waals surface area contributed by atoms with Gasteiger partial charge in [-0.2, -0.15) is 0 Å². The number of carbonyl (C=O) groups is 1. The number of rotatable bonds is 2. The van der Waals surface area contributed by atoms with Gasteiger partial charge >= 0.3 is 0 Å². The van der Waals surface area contributed by atoms with Crippen molar-refractivity contribution in [3.63, 3.8) is 0 Å². The minimum Gasteiger partial charge on any atom is -0.294 e. The molecule has 2 aromatic carbocycles. The number of halogens is 1. The van der Waals surface area contributed by atoms with E-state index in [1.807, 2.05) is 18.2 Å². The van der Waals surface area contributed by atoms with Crippen molar-refractivity contribution in [2.45, 2.75) is 12.3 Å². The number of hydrogen-bond donors (Lipinski definition) is 0. The van der Waals surface area contributed by atoms with Gasteiger partial charge in [-0.1, -0.05) is 46.3 Å². The van der Waals surface area contributed by atoms with Crippen LogP contribution in [0.4, 0.5) is 0 Å². The molecule has 0 atom stereocenters. The molecule has 0 heterocycles. The summed E-state index contributed by atoms with van der Waals surface area (Å²) in [7, 11) is 0. The van der Waals surface area contributed by atoms with Gasteiger partial charge in [0.15, 0.2) is 5.78 Å². The van der Waals surface area contributed by atoms with E-state index in [1.54, 1.807) is 6.92 Å². The number of Topliss-reactive ketones (excluding diaryl/α,β-unsaturated/α-hetero) is 1. The van der Waals surface area contributed by atoms with Gasteiger partial charge in [0.1, 0.15) is 0 Å². The molecule has 0 bridgehead atoms. The second kappa shape index (κ2) is 4.15. The molecule has 0 unspecified atom stereocenters. The van der Waals surface area contributed by atoms with E-state index in [1.165, 1.54) is 5.56 Å². The fraction of sp³-hybridized carbons (Fsp3) is 0.154. The summed E-state index contributed by atoms with van der Waals surface area (Å²) in [5.74, 6) is 0.118. The Bertz CT molecular complexity index is 517. The Kier molecular flexibility index (Phi) is 2.87. The molecule has 0 saturated heterocycles. The normalized spacial score (nSPS) is 10.5. The molecule has 0 radical (unpaired) electrons. The summed E-state index contributed by atoms with van der Waals surface area (Å²) in [6.45, 7) is 1.61. The van der Waals surface area contributed by atoms with E-state index < -0.39 is 0 Å². The number of benzene rings is 2. The van der Waals surface area contributed by atoms with Crippen LogP contribution >= 0.6 is 15.9 Å². The maximum Gasteiger partial charge on any atom is 0.160 e. The molecule has 0 spiro atoms. The first-order chi connectivity index (χ1) is 7.22. The second-order valence-corrected chi connectivity index (χ2v) is 4.11. The van der Waals surface area contributed by atoms with Crippen LogP contribution in [0.15, 0.2) is 36.4 Å². The third-order valence-electron chi connectivity index (χ3n) is 2.48. The van der Waals surface area contributed by atoms with Crippen LogP contribution in [-0.4, -0.2) is 5.78 Å². The highest BCUT2D eigenvalue weighted by atomic mass is 79.9. The topological polar surface area (TPSA) is 17.1 Å². The van der Waals surface area contributed by atoms with Gasteiger partial charge in [-0.05, 0) is 29.3 Å². The molecule has 0 saturated carbocycles. The molecule has 2 aromatic rings. The van der Waals surface area contributed by atoms with Crippen molar-refractivity contribution in [2.24, 2.45) is 0 Å². The number of hydrogen-bond acceptors (Lipinski definition) is 1. The minimum atomic E-state index is 0.118. The third-order valence-corrected chi connectivity index (χ3v) is 3.13. The molecule has 0 N–H and O–H groups in total. The summed E-state index contributed by atoms with van der Waals surface area (Å²) in [6, 6.07) is 12.0. The van der Waals surface area contributed by atoms with Gasteiger partial charge < -0.3 is 0 Å². The largest absolute Gasteiger partial charge is 0.294 e. The van der Waals surface area contributed by atoms with Crippen molar-refractivity contribution in [2.75, 3.05) is 0 Å². The van der Waals surface area contributed by atoms with Crippen LogP contribution in [0.25, 0.3) is 10.8 Å². The monoisotopic (exact) mass is 262 g/mol. The zero-order valence-corrected chi connectivity index (χ0v) is 10.0. The lowest BCUT2D eigenvalue weighted by Crippen LogP contribution is -1.93. The summed E-state index contributed by atoms with van der Waals surface area (Å²) < 4.78 is 0. The van der Waals surface area contributed by atoms with Crippen molar-refractivity contribution >= 4 is 32.5 Å². The maximum absolute atomic E-state index is 11.4. The van der Waals surface area contributed by atoms with E-state index in [4.69, 9.17) is 0 Å². The molecule has 2 heteroatoms. The number of fused-ring (bicyclic) bond motifs is 1. The van der Waals surface area contributed by atoms with Crippen molar-refractivity contribution in [1.29, 1.82) is 0 Å². The number of alkyl halides is 1. The Labute approximate surface area is 97.2 Å². The molecule has 0 aliphatic carbocycles. The Hall–Kier alpha value is -1.15. The molecule has 2 rings (SSSR count).